The Hall–Kier alpha value is -5.11. The van der Waals surface area contributed by atoms with Gasteiger partial charge in [0.15, 0.2) is 17.5 Å². The van der Waals surface area contributed by atoms with Crippen LogP contribution in [0.3, 0.4) is 0 Å². The van der Waals surface area contributed by atoms with Crippen molar-refractivity contribution >= 4 is 106 Å². The van der Waals surface area contributed by atoms with Crippen LogP contribution < -0.4 is 0 Å². The standard InChI is InChI=1S/C11H10F6.C11H13F3.C11H16.C10H14.C9H10Br2.C9H9BrF2.C9H9Cl3.C9H10Cl2.C9H9F3/c1-6(2)7-3-8(10(12,13)14)5-9(4-7)11(15,16)17;1-7(2)9-4-8(3)5-10(6-9)11(12,13)14;1-8(2)11-6-9(3)5-10(4)7-11;1-8(2)10-6-4-9(3)5-7-10;1-6(2)7-3-8(10)5-9(11)4-7;1-5(2)6-3-7(11)9(10)8(12)4-6;1-5(2)6-3-7(10)9(12)8(11)4-6;1-6(2)9-7(10)4-3-5-8(9)11;1-5(2)6-3-7(10)9(12)8(11)4-6/h3-6H,1-2H3;4-7H,1-3H3;5-8H,1-4H3;4-8H,1-3H3;3-6H,1-2H3;2*3-5H,1-2H3;3-6H,1-2H3;3-5H,1-2H3. The molecule has 9 aromatic carbocycles. The second-order valence-corrected chi connectivity index (χ2v) is 33.6. The molecule has 9 aromatic rings. The van der Waals surface area contributed by atoms with Crippen molar-refractivity contribution in [1.82, 2.24) is 0 Å². The van der Waals surface area contributed by atoms with Crippen LogP contribution >= 0.6 is 106 Å². The molecule has 0 atom stereocenters. The molecule has 0 fully saturated rings. The summed E-state index contributed by atoms with van der Waals surface area (Å²) in [4.78, 5) is 0. The number of rotatable bonds is 9. The minimum absolute atomic E-state index is 0.00500. The summed E-state index contributed by atoms with van der Waals surface area (Å²) < 4.78 is 177. The van der Waals surface area contributed by atoms with Gasteiger partial charge in [0.05, 0.1) is 36.2 Å². The molecule has 9 rings (SSSR count). The lowest BCUT2D eigenvalue weighted by Gasteiger charge is -2.15. The second-order valence-electron chi connectivity index (χ2n) is 28.9. The highest BCUT2D eigenvalue weighted by Crippen LogP contribution is 2.39. The maximum absolute atomic E-state index is 12.9. The maximum atomic E-state index is 12.9. The highest BCUT2D eigenvalue weighted by molar-refractivity contribution is 9.11. The molecule has 0 aliphatic carbocycles. The lowest BCUT2D eigenvalue weighted by molar-refractivity contribution is -0.143. The van der Waals surface area contributed by atoms with E-state index in [9.17, 15) is 61.5 Å². The van der Waals surface area contributed by atoms with Gasteiger partial charge in [-0.05, 0) is 244 Å². The average Bonchev–Trinajstić information content (AvgIpc) is 0.802. The smallest absolute Gasteiger partial charge is 0.206 e. The molecule has 22 heteroatoms. The van der Waals surface area contributed by atoms with Crippen LogP contribution in [0.25, 0.3) is 0 Å². The fourth-order valence-electron chi connectivity index (χ4n) is 9.61. The van der Waals surface area contributed by atoms with Crippen molar-refractivity contribution in [3.8, 4) is 0 Å². The zero-order chi connectivity index (χ0) is 85.1. The van der Waals surface area contributed by atoms with Crippen molar-refractivity contribution in [3.63, 3.8) is 0 Å². The quantitative estimate of drug-likeness (QED) is 0.0998. The SMILES string of the molecule is CC(C)c1c(Cl)cccc1Cl.CC(C)c1cc(Br)cc(Br)c1.CC(C)c1cc(C(F)(F)F)cc(C(F)(F)F)c1.CC(C)c1cc(Cl)c(Cl)c(Cl)c1.CC(C)c1cc(F)c(Br)c(F)c1.CC(C)c1cc(F)c(F)c(F)c1.Cc1cc(C(C)C)cc(C(F)(F)F)c1.Cc1cc(C)cc(C(C)C)c1.Cc1ccc(C(C)C)cc1. The molecule has 0 aliphatic rings. The van der Waals surface area contributed by atoms with E-state index in [1.54, 1.807) is 26.8 Å². The van der Waals surface area contributed by atoms with Crippen LogP contribution in [0.4, 0.5) is 61.5 Å². The van der Waals surface area contributed by atoms with Crippen LogP contribution in [0.5, 0.6) is 0 Å². The van der Waals surface area contributed by atoms with Crippen LogP contribution in [0.1, 0.15) is 267 Å². The molecule has 0 radical (unpaired) electrons. The van der Waals surface area contributed by atoms with Crippen LogP contribution in [-0.2, 0) is 18.5 Å². The first kappa shape index (κ1) is 103. The van der Waals surface area contributed by atoms with Crippen LogP contribution in [0.15, 0.2) is 165 Å². The van der Waals surface area contributed by atoms with Gasteiger partial charge in [-0.1, -0.05) is 291 Å². The number of hydrogen-bond acceptors (Lipinski definition) is 0. The highest BCUT2D eigenvalue weighted by Gasteiger charge is 2.37. The predicted molar refractivity (Wildman–Crippen MR) is 447 cm³/mol. The fraction of sp³-hybridized carbons (Fsp3) is 0.386. The number of benzene rings is 9. The van der Waals surface area contributed by atoms with Gasteiger partial charge >= 0.3 is 18.5 Å². The van der Waals surface area contributed by atoms with Gasteiger partial charge in [0, 0.05) is 19.0 Å². The molecule has 0 amide bonds. The summed E-state index contributed by atoms with van der Waals surface area (Å²) in [7, 11) is 0. The first-order chi connectivity index (χ1) is 50.4. The third kappa shape index (κ3) is 37.4. The Morgan fingerprint density at radius 1 is 0.264 bits per heavy atom. The van der Waals surface area contributed by atoms with Gasteiger partial charge in [-0.3, -0.25) is 0 Å². The van der Waals surface area contributed by atoms with Crippen molar-refractivity contribution in [2.45, 2.75) is 224 Å². The molecule has 0 saturated heterocycles. The van der Waals surface area contributed by atoms with E-state index in [1.165, 1.54) is 71.5 Å². The first-order valence-electron chi connectivity index (χ1n) is 35.4. The zero-order valence-corrected chi connectivity index (χ0v) is 74.5. The minimum Gasteiger partial charge on any atom is -0.206 e. The Balaban J connectivity index is 0.000000621. The van der Waals surface area contributed by atoms with Gasteiger partial charge < -0.3 is 0 Å². The molecule has 606 valence electrons. The lowest BCUT2D eigenvalue weighted by atomic mass is 9.97. The third-order valence-electron chi connectivity index (χ3n) is 16.2. The molecular weight excluding hydrogens is 1740 g/mol. The molecule has 0 aliphatic heterocycles. The molecule has 0 bridgehead atoms. The Morgan fingerprint density at radius 2 is 0.536 bits per heavy atom. The topological polar surface area (TPSA) is 0 Å². The molecule has 0 aromatic heterocycles. The number of aryl methyl sites for hydroxylation is 4. The summed E-state index contributed by atoms with van der Waals surface area (Å²) in [6.45, 7) is 43.9. The van der Waals surface area contributed by atoms with E-state index < -0.39 is 70.2 Å². The molecule has 0 unspecified atom stereocenters. The van der Waals surface area contributed by atoms with Crippen LogP contribution in [0.2, 0.25) is 25.1 Å². The molecule has 0 heterocycles. The summed E-state index contributed by atoms with van der Waals surface area (Å²) >= 11 is 39.1. The lowest BCUT2D eigenvalue weighted by Crippen LogP contribution is -2.12. The third-order valence-corrected chi connectivity index (χ3v) is 19.7. The summed E-state index contributed by atoms with van der Waals surface area (Å²) in [5, 5.41) is 2.99. The van der Waals surface area contributed by atoms with Crippen molar-refractivity contribution < 1.29 is 61.5 Å². The van der Waals surface area contributed by atoms with Gasteiger partial charge in [-0.15, -0.1) is 0 Å². The number of halogens is 22. The Morgan fingerprint density at radius 3 is 0.845 bits per heavy atom. The Kier molecular flexibility index (Phi) is 44.6. The predicted octanol–water partition coefficient (Wildman–Crippen LogP) is 35.8. The van der Waals surface area contributed by atoms with Crippen LogP contribution in [-0.4, -0.2) is 0 Å². The monoisotopic (exact) mass is 1830 g/mol. The largest absolute Gasteiger partial charge is 0.416 e. The van der Waals surface area contributed by atoms with Crippen molar-refractivity contribution in [3.05, 3.63) is 308 Å². The summed E-state index contributed by atoms with van der Waals surface area (Å²) in [6, 6.07) is 41.6. The van der Waals surface area contributed by atoms with E-state index in [1.807, 2.05) is 64.1 Å². The van der Waals surface area contributed by atoms with Crippen LogP contribution in [0, 0.1) is 56.8 Å². The van der Waals surface area contributed by atoms with Gasteiger partial charge in [-0.2, -0.15) is 39.5 Å². The van der Waals surface area contributed by atoms with Crippen molar-refractivity contribution in [2.24, 2.45) is 0 Å². The molecule has 0 N–H and O–H groups in total. The number of hydrogen-bond donors (Lipinski definition) is 0. The minimum atomic E-state index is -4.77. The summed E-state index contributed by atoms with van der Waals surface area (Å²) in [5.74, 6) is -2.20. The Bertz CT molecular complexity index is 3950. The van der Waals surface area contributed by atoms with Gasteiger partial charge in [0.2, 0.25) is 0 Å². The zero-order valence-electron chi connectivity index (χ0n) is 65.9. The second kappa shape index (κ2) is 47.7. The van der Waals surface area contributed by atoms with Crippen molar-refractivity contribution in [1.29, 1.82) is 0 Å². The molecule has 0 spiro atoms. The van der Waals surface area contributed by atoms with Crippen molar-refractivity contribution in [2.75, 3.05) is 0 Å². The molecule has 0 saturated carbocycles. The first-order valence-corrected chi connectivity index (χ1v) is 39.6. The van der Waals surface area contributed by atoms with E-state index in [0.717, 1.165) is 59.9 Å². The normalized spacial score (nSPS) is 11.3. The summed E-state index contributed by atoms with van der Waals surface area (Å²) in [6.07, 6.45) is -13.8. The fourth-order valence-corrected chi connectivity index (χ4v) is 12.6. The van der Waals surface area contributed by atoms with E-state index >= 15 is 0 Å². The summed E-state index contributed by atoms with van der Waals surface area (Å²) in [5.41, 5.74) is 9.90. The molecule has 0 nitrogen and oxygen atoms in total. The van der Waals surface area contributed by atoms with E-state index in [2.05, 4.69) is 192 Å². The van der Waals surface area contributed by atoms with E-state index in [4.69, 9.17) is 58.0 Å². The average molecular weight is 1840 g/mol. The molecule has 110 heavy (non-hydrogen) atoms. The van der Waals surface area contributed by atoms with Gasteiger partial charge in [-0.25, -0.2) is 22.0 Å². The van der Waals surface area contributed by atoms with Gasteiger partial charge in [0.1, 0.15) is 11.6 Å². The molecular formula is C88H100Br3Cl5F14. The maximum Gasteiger partial charge on any atom is 0.416 e. The highest BCUT2D eigenvalue weighted by atomic mass is 79.9. The Labute approximate surface area is 694 Å². The number of alkyl halides is 9. The van der Waals surface area contributed by atoms with E-state index in [-0.39, 0.29) is 33.9 Å². The van der Waals surface area contributed by atoms with Gasteiger partial charge in [0.25, 0.3) is 0 Å². The van der Waals surface area contributed by atoms with E-state index in [0.29, 0.717) is 61.3 Å².